The Kier molecular flexibility index (Phi) is 7.95. The molecule has 0 radical (unpaired) electrons. The second-order valence-electron chi connectivity index (χ2n) is 9.45. The number of imidazole rings is 1. The van der Waals surface area contributed by atoms with Crippen LogP contribution in [0.4, 0.5) is 10.6 Å². The van der Waals surface area contributed by atoms with Crippen LogP contribution in [0.5, 0.6) is 5.75 Å². The SMILES string of the molecule is O=C(Nc1ccc(OC(=O)N2CCC(On3ccnc3)CC2)cn1)c1ccc(CN2CCCCC2)cc1. The van der Waals surface area contributed by atoms with E-state index >= 15 is 0 Å². The number of hydrogen-bond donors (Lipinski definition) is 1. The second-order valence-corrected chi connectivity index (χ2v) is 9.45. The van der Waals surface area contributed by atoms with Gasteiger partial charge in [-0.3, -0.25) is 9.69 Å². The minimum absolute atomic E-state index is 0.0219. The van der Waals surface area contributed by atoms with Gasteiger partial charge in [-0.1, -0.05) is 18.6 Å². The van der Waals surface area contributed by atoms with E-state index in [0.717, 1.165) is 19.6 Å². The minimum Gasteiger partial charge on any atom is -0.410 e. The Morgan fingerprint density at radius 1 is 0.973 bits per heavy atom. The molecule has 2 aromatic heterocycles. The molecular weight excluding hydrogens is 472 g/mol. The predicted molar refractivity (Wildman–Crippen MR) is 137 cm³/mol. The fourth-order valence-electron chi connectivity index (χ4n) is 4.63. The highest BCUT2D eigenvalue weighted by Crippen LogP contribution is 2.18. The van der Waals surface area contributed by atoms with Crippen LogP contribution in [0, 0.1) is 0 Å². The average Bonchev–Trinajstić information content (AvgIpc) is 3.44. The number of nitrogens with one attached hydrogen (secondary N) is 1. The number of carbonyl (C=O) groups is 2. The summed E-state index contributed by atoms with van der Waals surface area (Å²) in [5.74, 6) is 0.476. The molecule has 0 unspecified atom stereocenters. The van der Waals surface area contributed by atoms with Crippen LogP contribution in [0.1, 0.15) is 48.0 Å². The van der Waals surface area contributed by atoms with Crippen LogP contribution < -0.4 is 14.9 Å². The van der Waals surface area contributed by atoms with E-state index in [-0.39, 0.29) is 12.0 Å². The molecule has 4 heterocycles. The van der Waals surface area contributed by atoms with E-state index in [2.05, 4.69) is 20.2 Å². The highest BCUT2D eigenvalue weighted by atomic mass is 16.7. The Morgan fingerprint density at radius 2 is 1.76 bits per heavy atom. The van der Waals surface area contributed by atoms with Gasteiger partial charge in [0, 0.05) is 44.2 Å². The quantitative estimate of drug-likeness (QED) is 0.524. The fraction of sp³-hybridized carbons (Fsp3) is 0.407. The van der Waals surface area contributed by atoms with E-state index in [1.54, 1.807) is 40.5 Å². The van der Waals surface area contributed by atoms with Crippen molar-refractivity contribution in [1.29, 1.82) is 0 Å². The third kappa shape index (κ3) is 6.85. The van der Waals surface area contributed by atoms with Gasteiger partial charge < -0.3 is 19.8 Å². The number of aromatic nitrogens is 3. The van der Waals surface area contributed by atoms with Crippen molar-refractivity contribution in [3.05, 3.63) is 72.4 Å². The lowest BCUT2D eigenvalue weighted by atomic mass is 10.1. The summed E-state index contributed by atoms with van der Waals surface area (Å²) in [5.41, 5.74) is 1.78. The summed E-state index contributed by atoms with van der Waals surface area (Å²) in [6, 6.07) is 10.9. The lowest BCUT2D eigenvalue weighted by Crippen LogP contribution is -2.44. The van der Waals surface area contributed by atoms with Crippen molar-refractivity contribution in [1.82, 2.24) is 24.5 Å². The molecule has 0 atom stereocenters. The molecule has 10 heteroatoms. The van der Waals surface area contributed by atoms with E-state index in [9.17, 15) is 9.59 Å². The number of piperidine rings is 2. The van der Waals surface area contributed by atoms with Crippen molar-refractivity contribution in [2.24, 2.45) is 0 Å². The van der Waals surface area contributed by atoms with Crippen LogP contribution >= 0.6 is 0 Å². The Labute approximate surface area is 216 Å². The van der Waals surface area contributed by atoms with E-state index in [0.29, 0.717) is 43.1 Å². The summed E-state index contributed by atoms with van der Waals surface area (Å²) in [4.78, 5) is 43.3. The third-order valence-electron chi connectivity index (χ3n) is 6.71. The minimum atomic E-state index is -0.427. The number of benzene rings is 1. The summed E-state index contributed by atoms with van der Waals surface area (Å²) < 4.78 is 7.05. The number of likely N-dealkylation sites (tertiary alicyclic amines) is 2. The summed E-state index contributed by atoms with van der Waals surface area (Å²) in [5, 5.41) is 2.79. The van der Waals surface area contributed by atoms with Gasteiger partial charge in [0.05, 0.1) is 12.4 Å². The zero-order valence-electron chi connectivity index (χ0n) is 20.8. The molecule has 1 aromatic carbocycles. The number of rotatable bonds is 7. The molecule has 5 rings (SSSR count). The molecule has 194 valence electrons. The zero-order chi connectivity index (χ0) is 25.5. The Balaban J connectivity index is 1.07. The molecule has 2 aliphatic heterocycles. The zero-order valence-corrected chi connectivity index (χ0v) is 20.8. The third-order valence-corrected chi connectivity index (χ3v) is 6.71. The number of anilines is 1. The molecule has 2 saturated heterocycles. The van der Waals surface area contributed by atoms with Gasteiger partial charge in [-0.25, -0.2) is 14.8 Å². The molecule has 0 saturated carbocycles. The predicted octanol–water partition coefficient (Wildman–Crippen LogP) is 3.61. The van der Waals surface area contributed by atoms with Crippen LogP contribution in [0.15, 0.2) is 61.3 Å². The van der Waals surface area contributed by atoms with E-state index < -0.39 is 6.09 Å². The van der Waals surface area contributed by atoms with Crippen LogP contribution in [0.3, 0.4) is 0 Å². The lowest BCUT2D eigenvalue weighted by Gasteiger charge is -2.31. The maximum atomic E-state index is 12.6. The van der Waals surface area contributed by atoms with Gasteiger partial charge in [0.15, 0.2) is 5.75 Å². The first kappa shape index (κ1) is 24.8. The maximum absolute atomic E-state index is 12.6. The summed E-state index contributed by atoms with van der Waals surface area (Å²) in [7, 11) is 0. The average molecular weight is 505 g/mol. The smallest absolute Gasteiger partial charge is 0.410 e. The molecule has 2 fully saturated rings. The molecule has 0 spiro atoms. The molecule has 3 aromatic rings. The van der Waals surface area contributed by atoms with Crippen LogP contribution in [0.2, 0.25) is 0 Å². The van der Waals surface area contributed by atoms with Gasteiger partial charge in [0.1, 0.15) is 18.2 Å². The Hall–Kier alpha value is -3.92. The number of amides is 2. The number of nitrogens with zero attached hydrogens (tertiary/aromatic N) is 5. The molecular formula is C27H32N6O4. The van der Waals surface area contributed by atoms with Crippen LogP contribution in [0.25, 0.3) is 0 Å². The van der Waals surface area contributed by atoms with Gasteiger partial charge in [-0.15, -0.1) is 0 Å². The van der Waals surface area contributed by atoms with E-state index in [4.69, 9.17) is 9.57 Å². The number of hydrogen-bond acceptors (Lipinski definition) is 7. The van der Waals surface area contributed by atoms with Crippen molar-refractivity contribution in [2.75, 3.05) is 31.5 Å². The second kappa shape index (κ2) is 11.9. The first-order valence-corrected chi connectivity index (χ1v) is 12.8. The highest BCUT2D eigenvalue weighted by Gasteiger charge is 2.25. The fourth-order valence-corrected chi connectivity index (χ4v) is 4.63. The molecule has 1 N–H and O–H groups in total. The van der Waals surface area contributed by atoms with Gasteiger partial charge in [-0.2, -0.15) is 4.73 Å². The number of carbonyl (C=O) groups excluding carboxylic acids is 2. The highest BCUT2D eigenvalue weighted by molar-refractivity contribution is 6.03. The Morgan fingerprint density at radius 3 is 2.43 bits per heavy atom. The number of ether oxygens (including phenoxy) is 1. The topological polar surface area (TPSA) is 102 Å². The molecule has 0 bridgehead atoms. The normalized spacial score (nSPS) is 16.8. The Bertz CT molecular complexity index is 1150. The van der Waals surface area contributed by atoms with Gasteiger partial charge in [0.25, 0.3) is 5.91 Å². The molecule has 0 aliphatic carbocycles. The summed E-state index contributed by atoms with van der Waals surface area (Å²) in [6.07, 6.45) is 11.3. The van der Waals surface area contributed by atoms with Crippen molar-refractivity contribution in [3.63, 3.8) is 0 Å². The lowest BCUT2D eigenvalue weighted by molar-refractivity contribution is -0.0000298. The van der Waals surface area contributed by atoms with Gasteiger partial charge in [-0.05, 0) is 55.8 Å². The van der Waals surface area contributed by atoms with Gasteiger partial charge >= 0.3 is 6.09 Å². The van der Waals surface area contributed by atoms with Crippen molar-refractivity contribution < 1.29 is 19.2 Å². The molecule has 10 nitrogen and oxygen atoms in total. The van der Waals surface area contributed by atoms with Crippen molar-refractivity contribution >= 4 is 17.8 Å². The van der Waals surface area contributed by atoms with Crippen molar-refractivity contribution in [3.8, 4) is 5.75 Å². The first-order chi connectivity index (χ1) is 18.1. The maximum Gasteiger partial charge on any atom is 0.415 e. The molecule has 37 heavy (non-hydrogen) atoms. The summed E-state index contributed by atoms with van der Waals surface area (Å²) >= 11 is 0. The van der Waals surface area contributed by atoms with Gasteiger partial charge in [0.2, 0.25) is 0 Å². The summed E-state index contributed by atoms with van der Waals surface area (Å²) in [6.45, 7) is 4.27. The monoisotopic (exact) mass is 504 g/mol. The van der Waals surface area contributed by atoms with E-state index in [1.165, 1.54) is 31.0 Å². The standard InChI is InChI=1S/C27H32N6O4/c34-26(22-6-4-21(5-7-22)19-31-13-2-1-3-14-31)30-25-9-8-24(18-29-25)36-27(35)32-15-10-23(11-16-32)37-33-17-12-28-20-33/h4-9,12,17-18,20,23H,1-3,10-11,13-16,19H2,(H,29,30,34). The molecule has 2 aliphatic rings. The van der Waals surface area contributed by atoms with Crippen LogP contribution in [-0.2, 0) is 6.54 Å². The largest absolute Gasteiger partial charge is 0.415 e. The van der Waals surface area contributed by atoms with Crippen LogP contribution in [-0.4, -0.2) is 68.8 Å². The number of pyridine rings is 1. The van der Waals surface area contributed by atoms with E-state index in [1.807, 2.05) is 24.3 Å². The van der Waals surface area contributed by atoms with Crippen molar-refractivity contribution in [2.45, 2.75) is 44.8 Å². The first-order valence-electron chi connectivity index (χ1n) is 12.8. The molecule has 2 amide bonds.